The predicted octanol–water partition coefficient (Wildman–Crippen LogP) is 4.95. The SMILES string of the molecule is CC(c1cccc(Oc2ccccc2)c1)[C@@]1(C(=O)O)[C@H](C=CC(=O)O)C1(C)C. The van der Waals surface area contributed by atoms with E-state index in [1.807, 2.05) is 75.4 Å². The van der Waals surface area contributed by atoms with Gasteiger partial charge in [0.15, 0.2) is 0 Å². The normalized spacial score (nSPS) is 23.9. The molecule has 0 spiro atoms. The summed E-state index contributed by atoms with van der Waals surface area (Å²) in [4.78, 5) is 23.3. The van der Waals surface area contributed by atoms with Crippen LogP contribution in [-0.4, -0.2) is 22.2 Å². The van der Waals surface area contributed by atoms with Crippen molar-refractivity contribution >= 4 is 11.9 Å². The standard InChI is InChI=1S/C23H24O5/c1-15(23(21(26)27)19(22(23,2)3)12-13-20(24)25)16-8-7-11-18(14-16)28-17-9-5-4-6-10-17/h4-15,19H,1-3H3,(H,24,25)(H,26,27)/t15?,19-,23+/m1/s1. The average molecular weight is 380 g/mol. The van der Waals surface area contributed by atoms with Crippen LogP contribution >= 0.6 is 0 Å². The molecule has 2 aromatic carbocycles. The second-order valence-corrected chi connectivity index (χ2v) is 7.78. The van der Waals surface area contributed by atoms with E-state index in [2.05, 4.69) is 0 Å². The topological polar surface area (TPSA) is 83.8 Å². The lowest BCUT2D eigenvalue weighted by Gasteiger charge is -2.24. The van der Waals surface area contributed by atoms with Gasteiger partial charge in [0.2, 0.25) is 0 Å². The molecule has 146 valence electrons. The number of aliphatic carboxylic acids is 2. The molecular formula is C23H24O5. The number of carbonyl (C=O) groups is 2. The molecule has 0 radical (unpaired) electrons. The Morgan fingerprint density at radius 2 is 1.68 bits per heavy atom. The first-order chi connectivity index (χ1) is 13.2. The fourth-order valence-electron chi connectivity index (χ4n) is 4.56. The Kier molecular flexibility index (Phi) is 5.02. The summed E-state index contributed by atoms with van der Waals surface area (Å²) in [5, 5.41) is 19.0. The van der Waals surface area contributed by atoms with Gasteiger partial charge in [-0.3, -0.25) is 4.79 Å². The fraction of sp³-hybridized carbons (Fsp3) is 0.304. The van der Waals surface area contributed by atoms with Gasteiger partial charge in [0.1, 0.15) is 11.5 Å². The lowest BCUT2D eigenvalue weighted by molar-refractivity contribution is -0.146. The van der Waals surface area contributed by atoms with E-state index in [9.17, 15) is 14.7 Å². The third kappa shape index (κ3) is 3.17. The summed E-state index contributed by atoms with van der Waals surface area (Å²) in [5.74, 6) is -1.36. The summed E-state index contributed by atoms with van der Waals surface area (Å²) in [7, 11) is 0. The number of hydrogen-bond acceptors (Lipinski definition) is 3. The number of carboxylic acid groups (broad SMARTS) is 2. The second-order valence-electron chi connectivity index (χ2n) is 7.78. The third-order valence-corrected chi connectivity index (χ3v) is 6.06. The maximum Gasteiger partial charge on any atom is 0.327 e. The monoisotopic (exact) mass is 380 g/mol. The smallest absolute Gasteiger partial charge is 0.327 e. The Morgan fingerprint density at radius 3 is 2.29 bits per heavy atom. The number of allylic oxidation sites excluding steroid dienone is 1. The zero-order chi connectivity index (χ0) is 20.5. The van der Waals surface area contributed by atoms with Gasteiger partial charge in [0.05, 0.1) is 5.41 Å². The molecule has 0 aliphatic heterocycles. The first-order valence-electron chi connectivity index (χ1n) is 9.18. The molecular weight excluding hydrogens is 356 g/mol. The summed E-state index contributed by atoms with van der Waals surface area (Å²) >= 11 is 0. The second kappa shape index (κ2) is 7.15. The molecule has 0 aromatic heterocycles. The molecule has 2 N–H and O–H groups in total. The Morgan fingerprint density at radius 1 is 1.04 bits per heavy atom. The Balaban J connectivity index is 1.93. The lowest BCUT2D eigenvalue weighted by atomic mass is 9.79. The minimum atomic E-state index is -1.08. The number of benzene rings is 2. The highest BCUT2D eigenvalue weighted by Crippen LogP contribution is 2.75. The van der Waals surface area contributed by atoms with Crippen LogP contribution in [0.15, 0.2) is 66.7 Å². The Bertz CT molecular complexity index is 916. The van der Waals surface area contributed by atoms with Crippen LogP contribution in [0.25, 0.3) is 0 Å². The Hall–Kier alpha value is -3.08. The van der Waals surface area contributed by atoms with Crippen molar-refractivity contribution in [2.45, 2.75) is 26.7 Å². The fourth-order valence-corrected chi connectivity index (χ4v) is 4.56. The van der Waals surface area contributed by atoms with Gasteiger partial charge in [-0.2, -0.15) is 0 Å². The van der Waals surface area contributed by atoms with Crippen molar-refractivity contribution in [1.29, 1.82) is 0 Å². The minimum absolute atomic E-state index is 0.331. The van der Waals surface area contributed by atoms with Gasteiger partial charge in [-0.25, -0.2) is 4.79 Å². The number of ether oxygens (including phenoxy) is 1. The molecule has 2 aromatic rings. The van der Waals surface area contributed by atoms with Crippen molar-refractivity contribution < 1.29 is 24.5 Å². The molecule has 1 saturated carbocycles. The molecule has 1 fully saturated rings. The number of carboxylic acids is 2. The maximum atomic E-state index is 12.3. The van der Waals surface area contributed by atoms with Gasteiger partial charge in [-0.05, 0) is 41.2 Å². The van der Waals surface area contributed by atoms with Crippen molar-refractivity contribution in [3.05, 3.63) is 72.3 Å². The summed E-state index contributed by atoms with van der Waals surface area (Å²) in [6.07, 6.45) is 2.55. The summed E-state index contributed by atoms with van der Waals surface area (Å²) in [6, 6.07) is 16.8. The number of hydrogen-bond donors (Lipinski definition) is 2. The van der Waals surface area contributed by atoms with Crippen LogP contribution < -0.4 is 4.74 Å². The average Bonchev–Trinajstić information content (AvgIpc) is 3.16. The van der Waals surface area contributed by atoms with Crippen LogP contribution in [0.3, 0.4) is 0 Å². The van der Waals surface area contributed by atoms with E-state index in [4.69, 9.17) is 9.84 Å². The van der Waals surface area contributed by atoms with Gasteiger partial charge in [0, 0.05) is 12.0 Å². The number of rotatable bonds is 7. The predicted molar refractivity (Wildman–Crippen MR) is 105 cm³/mol. The Labute approximate surface area is 164 Å². The van der Waals surface area contributed by atoms with Crippen molar-refractivity contribution in [2.75, 3.05) is 0 Å². The highest BCUT2D eigenvalue weighted by atomic mass is 16.5. The van der Waals surface area contributed by atoms with E-state index in [1.165, 1.54) is 6.08 Å². The molecule has 1 aliphatic carbocycles. The van der Waals surface area contributed by atoms with E-state index >= 15 is 0 Å². The van der Waals surface area contributed by atoms with Crippen molar-refractivity contribution in [3.8, 4) is 11.5 Å². The van der Waals surface area contributed by atoms with Gasteiger partial charge in [0.25, 0.3) is 0 Å². The number of para-hydroxylation sites is 1. The van der Waals surface area contributed by atoms with Crippen molar-refractivity contribution in [1.82, 2.24) is 0 Å². The van der Waals surface area contributed by atoms with Crippen molar-refractivity contribution in [2.24, 2.45) is 16.7 Å². The van der Waals surface area contributed by atoms with E-state index < -0.39 is 22.8 Å². The first kappa shape index (κ1) is 19.7. The van der Waals surface area contributed by atoms with Gasteiger partial charge in [-0.1, -0.05) is 57.2 Å². The van der Waals surface area contributed by atoms with Gasteiger partial charge >= 0.3 is 11.9 Å². The first-order valence-corrected chi connectivity index (χ1v) is 9.18. The molecule has 0 heterocycles. The summed E-state index contributed by atoms with van der Waals surface area (Å²) in [5.41, 5.74) is -0.805. The lowest BCUT2D eigenvalue weighted by Crippen LogP contribution is -2.28. The molecule has 0 bridgehead atoms. The molecule has 28 heavy (non-hydrogen) atoms. The molecule has 3 atom stereocenters. The molecule has 5 heteroatoms. The third-order valence-electron chi connectivity index (χ3n) is 6.06. The largest absolute Gasteiger partial charge is 0.481 e. The van der Waals surface area contributed by atoms with E-state index in [-0.39, 0.29) is 11.8 Å². The van der Waals surface area contributed by atoms with Gasteiger partial charge < -0.3 is 14.9 Å². The van der Waals surface area contributed by atoms with Crippen LogP contribution in [-0.2, 0) is 9.59 Å². The zero-order valence-electron chi connectivity index (χ0n) is 16.1. The molecule has 1 aliphatic rings. The molecule has 3 rings (SSSR count). The molecule has 5 nitrogen and oxygen atoms in total. The van der Waals surface area contributed by atoms with Crippen LogP contribution in [0.2, 0.25) is 0 Å². The molecule has 0 saturated heterocycles. The van der Waals surface area contributed by atoms with Crippen LogP contribution in [0.5, 0.6) is 11.5 Å². The van der Waals surface area contributed by atoms with Crippen LogP contribution in [0.4, 0.5) is 0 Å². The minimum Gasteiger partial charge on any atom is -0.481 e. The summed E-state index contributed by atoms with van der Waals surface area (Å²) in [6.45, 7) is 5.63. The van der Waals surface area contributed by atoms with E-state index in [0.717, 1.165) is 11.6 Å². The zero-order valence-corrected chi connectivity index (χ0v) is 16.1. The summed E-state index contributed by atoms with van der Waals surface area (Å²) < 4.78 is 5.88. The quantitative estimate of drug-likeness (QED) is 0.664. The van der Waals surface area contributed by atoms with E-state index in [1.54, 1.807) is 0 Å². The highest BCUT2D eigenvalue weighted by molar-refractivity contribution is 5.85. The van der Waals surface area contributed by atoms with Crippen LogP contribution in [0, 0.1) is 16.7 Å². The molecule has 0 amide bonds. The van der Waals surface area contributed by atoms with Crippen molar-refractivity contribution in [3.63, 3.8) is 0 Å². The van der Waals surface area contributed by atoms with E-state index in [0.29, 0.717) is 11.5 Å². The highest BCUT2D eigenvalue weighted by Gasteiger charge is 2.76. The molecule has 1 unspecified atom stereocenters. The maximum absolute atomic E-state index is 12.3. The van der Waals surface area contributed by atoms with Crippen LogP contribution in [0.1, 0.15) is 32.3 Å². The van der Waals surface area contributed by atoms with Gasteiger partial charge in [-0.15, -0.1) is 0 Å².